The third kappa shape index (κ3) is 2.75. The Hall–Kier alpha value is -0.510. The molecule has 4 rings (SSSR count). The summed E-state index contributed by atoms with van der Waals surface area (Å²) in [7, 11) is 0. The molecule has 1 N–H and O–H groups in total. The van der Waals surface area contributed by atoms with Crippen molar-refractivity contribution in [1.82, 2.24) is 0 Å². The highest BCUT2D eigenvalue weighted by molar-refractivity contribution is 6.51. The Morgan fingerprint density at radius 3 is 2.30 bits per heavy atom. The van der Waals surface area contributed by atoms with E-state index in [0.29, 0.717) is 29.4 Å². The molecule has 6 heteroatoms. The van der Waals surface area contributed by atoms with E-state index in [-0.39, 0.29) is 16.8 Å². The molecular formula is C17H17Cl3FNO. The van der Waals surface area contributed by atoms with Gasteiger partial charge in [0.25, 0.3) is 0 Å². The normalized spacial score (nSPS) is 37.0. The Balaban J connectivity index is 1.38. The molecular weight excluding hydrogens is 360 g/mol. The molecule has 1 amide bonds. The van der Waals surface area contributed by atoms with Gasteiger partial charge in [0.15, 0.2) is 0 Å². The number of halogens is 4. The molecule has 0 saturated heterocycles. The number of hydrogen-bond donors (Lipinski definition) is 1. The van der Waals surface area contributed by atoms with Crippen molar-refractivity contribution in [2.75, 3.05) is 5.32 Å². The van der Waals surface area contributed by atoms with Crippen LogP contribution in [0.2, 0.25) is 5.02 Å². The van der Waals surface area contributed by atoms with Crippen LogP contribution in [0.15, 0.2) is 18.2 Å². The van der Waals surface area contributed by atoms with Crippen molar-refractivity contribution in [3.05, 3.63) is 29.0 Å². The van der Waals surface area contributed by atoms with Gasteiger partial charge in [-0.05, 0) is 67.6 Å². The zero-order valence-electron chi connectivity index (χ0n) is 12.4. The molecule has 4 atom stereocenters. The average Bonchev–Trinajstić information content (AvgIpc) is 3.27. The Kier molecular flexibility index (Phi) is 3.82. The molecule has 0 unspecified atom stereocenters. The predicted molar refractivity (Wildman–Crippen MR) is 90.4 cm³/mol. The average molecular weight is 377 g/mol. The molecule has 0 spiro atoms. The lowest BCUT2D eigenvalue weighted by atomic mass is 10.0. The van der Waals surface area contributed by atoms with E-state index in [4.69, 9.17) is 34.8 Å². The Labute approximate surface area is 149 Å². The second-order valence-corrected chi connectivity index (χ2v) is 8.87. The minimum absolute atomic E-state index is 0.0136. The van der Waals surface area contributed by atoms with Gasteiger partial charge < -0.3 is 5.32 Å². The molecule has 0 heterocycles. The van der Waals surface area contributed by atoms with Gasteiger partial charge in [-0.3, -0.25) is 4.79 Å². The molecule has 3 aliphatic rings. The van der Waals surface area contributed by atoms with E-state index in [1.807, 2.05) is 0 Å². The first kappa shape index (κ1) is 16.0. The van der Waals surface area contributed by atoms with E-state index in [0.717, 1.165) is 25.7 Å². The van der Waals surface area contributed by atoms with Gasteiger partial charge in [-0.15, -0.1) is 23.2 Å². The SMILES string of the molecule is O=C(Nc1ccc(Cl)c(F)c1)C1[C@@H]2CC[C@@H]3[C@@H](CC[C@@H]12)C3(Cl)Cl. The third-order valence-electron chi connectivity index (χ3n) is 5.81. The van der Waals surface area contributed by atoms with E-state index in [1.54, 1.807) is 6.07 Å². The number of rotatable bonds is 2. The number of benzene rings is 1. The maximum atomic E-state index is 13.5. The summed E-state index contributed by atoms with van der Waals surface area (Å²) in [5.74, 6) is 1.11. The first-order valence-electron chi connectivity index (χ1n) is 8.03. The summed E-state index contributed by atoms with van der Waals surface area (Å²) in [6.45, 7) is 0. The van der Waals surface area contributed by atoms with E-state index in [1.165, 1.54) is 12.1 Å². The molecule has 23 heavy (non-hydrogen) atoms. The fourth-order valence-electron chi connectivity index (χ4n) is 4.41. The van der Waals surface area contributed by atoms with Crippen LogP contribution in [-0.4, -0.2) is 10.2 Å². The van der Waals surface area contributed by atoms with E-state index >= 15 is 0 Å². The van der Waals surface area contributed by atoms with Crippen LogP contribution in [0.25, 0.3) is 0 Å². The van der Waals surface area contributed by atoms with Crippen molar-refractivity contribution in [2.24, 2.45) is 29.6 Å². The lowest BCUT2D eigenvalue weighted by Crippen LogP contribution is -2.16. The van der Waals surface area contributed by atoms with Crippen molar-refractivity contribution < 1.29 is 9.18 Å². The van der Waals surface area contributed by atoms with Crippen LogP contribution in [-0.2, 0) is 4.79 Å². The van der Waals surface area contributed by atoms with Crippen LogP contribution in [0.1, 0.15) is 25.7 Å². The molecule has 0 bridgehead atoms. The summed E-state index contributed by atoms with van der Waals surface area (Å²) in [5.41, 5.74) is 0.458. The highest BCUT2D eigenvalue weighted by atomic mass is 35.5. The fourth-order valence-corrected chi connectivity index (χ4v) is 5.45. The van der Waals surface area contributed by atoms with Crippen molar-refractivity contribution in [3.63, 3.8) is 0 Å². The fraction of sp³-hybridized carbons (Fsp3) is 0.588. The third-order valence-corrected chi connectivity index (χ3v) is 7.24. The number of nitrogens with one attached hydrogen (secondary N) is 1. The summed E-state index contributed by atoms with van der Waals surface area (Å²) < 4.78 is 12.9. The van der Waals surface area contributed by atoms with Crippen LogP contribution >= 0.6 is 34.8 Å². The molecule has 1 aromatic carbocycles. The van der Waals surface area contributed by atoms with Crippen molar-refractivity contribution in [3.8, 4) is 0 Å². The Morgan fingerprint density at radius 1 is 1.13 bits per heavy atom. The van der Waals surface area contributed by atoms with Crippen LogP contribution < -0.4 is 5.32 Å². The van der Waals surface area contributed by atoms with Crippen molar-refractivity contribution in [1.29, 1.82) is 0 Å². The van der Waals surface area contributed by atoms with Gasteiger partial charge in [0, 0.05) is 11.6 Å². The monoisotopic (exact) mass is 375 g/mol. The number of alkyl halides is 2. The van der Waals surface area contributed by atoms with Gasteiger partial charge in [0.2, 0.25) is 5.91 Å². The first-order valence-corrected chi connectivity index (χ1v) is 9.16. The Bertz CT molecular complexity index is 643. The number of carbonyl (C=O) groups is 1. The highest BCUT2D eigenvalue weighted by Gasteiger charge is 2.65. The van der Waals surface area contributed by atoms with Crippen molar-refractivity contribution >= 4 is 46.4 Å². The molecule has 3 aliphatic carbocycles. The lowest BCUT2D eigenvalue weighted by molar-refractivity contribution is -0.117. The van der Waals surface area contributed by atoms with Crippen LogP contribution in [0.5, 0.6) is 0 Å². The topological polar surface area (TPSA) is 29.1 Å². The summed E-state index contributed by atoms with van der Waals surface area (Å²) in [6, 6.07) is 4.34. The summed E-state index contributed by atoms with van der Waals surface area (Å²) in [4.78, 5) is 12.5. The quantitative estimate of drug-likeness (QED) is 0.700. The molecule has 3 fully saturated rings. The molecule has 0 aromatic heterocycles. The first-order chi connectivity index (χ1) is 10.9. The molecule has 124 valence electrons. The van der Waals surface area contributed by atoms with Crippen LogP contribution in [0.4, 0.5) is 10.1 Å². The molecule has 1 aromatic rings. The summed E-state index contributed by atoms with van der Waals surface area (Å²) in [6.07, 6.45) is 4.00. The second-order valence-electron chi connectivity index (χ2n) is 7.01. The number of fused-ring (bicyclic) bond motifs is 2. The second kappa shape index (κ2) is 5.50. The van der Waals surface area contributed by atoms with Gasteiger partial charge in [-0.1, -0.05) is 11.6 Å². The maximum absolute atomic E-state index is 13.5. The van der Waals surface area contributed by atoms with Gasteiger partial charge in [0.1, 0.15) is 10.2 Å². The van der Waals surface area contributed by atoms with E-state index < -0.39 is 10.2 Å². The number of carbonyl (C=O) groups excluding carboxylic acids is 1. The van der Waals surface area contributed by atoms with Gasteiger partial charge in [-0.25, -0.2) is 4.39 Å². The predicted octanol–water partition coefficient (Wildman–Crippen LogP) is 5.27. The zero-order valence-corrected chi connectivity index (χ0v) is 14.6. The zero-order chi connectivity index (χ0) is 16.4. The lowest BCUT2D eigenvalue weighted by Gasteiger charge is -2.06. The summed E-state index contributed by atoms with van der Waals surface area (Å²) >= 11 is 18.2. The van der Waals surface area contributed by atoms with Crippen LogP contribution in [0, 0.1) is 35.4 Å². The minimum Gasteiger partial charge on any atom is -0.326 e. The van der Waals surface area contributed by atoms with Crippen LogP contribution in [0.3, 0.4) is 0 Å². The number of amides is 1. The van der Waals surface area contributed by atoms with Crippen molar-refractivity contribution in [2.45, 2.75) is 30.0 Å². The maximum Gasteiger partial charge on any atom is 0.228 e. The van der Waals surface area contributed by atoms with Gasteiger partial charge in [-0.2, -0.15) is 0 Å². The van der Waals surface area contributed by atoms with Gasteiger partial charge in [0.05, 0.1) is 5.02 Å². The number of anilines is 1. The molecule has 0 radical (unpaired) electrons. The summed E-state index contributed by atoms with van der Waals surface area (Å²) in [5, 5.41) is 2.87. The van der Waals surface area contributed by atoms with Gasteiger partial charge >= 0.3 is 0 Å². The molecule has 3 saturated carbocycles. The minimum atomic E-state index is -0.532. The standard InChI is InChI=1S/C17H17Cl3FNO/c18-13-6-1-8(7-14(13)21)22-16(23)15-9-2-4-11-12(17(11,19)20)5-3-10(9)15/h1,6-7,9-12,15H,2-5H2,(H,22,23)/t9-,10-,11-,12-/m1/s1. The van der Waals surface area contributed by atoms with E-state index in [9.17, 15) is 9.18 Å². The number of hydrogen-bond acceptors (Lipinski definition) is 1. The smallest absolute Gasteiger partial charge is 0.228 e. The highest BCUT2D eigenvalue weighted by Crippen LogP contribution is 2.67. The molecule has 2 nitrogen and oxygen atoms in total. The molecule has 0 aliphatic heterocycles. The largest absolute Gasteiger partial charge is 0.326 e. The Morgan fingerprint density at radius 2 is 1.74 bits per heavy atom. The van der Waals surface area contributed by atoms with E-state index in [2.05, 4.69) is 5.32 Å².